The molecule has 0 saturated heterocycles. The third-order valence-corrected chi connectivity index (χ3v) is 3.89. The molecule has 8 heteroatoms. The van der Waals surface area contributed by atoms with Crippen LogP contribution in [-0.2, 0) is 0 Å². The zero-order valence-corrected chi connectivity index (χ0v) is 13.0. The molecule has 0 amide bonds. The molecule has 0 unspecified atom stereocenters. The van der Waals surface area contributed by atoms with Crippen LogP contribution in [0.25, 0.3) is 0 Å². The highest BCUT2D eigenvalue weighted by Gasteiger charge is 2.43. The number of nitro groups is 1. The third-order valence-electron chi connectivity index (χ3n) is 3.89. The first kappa shape index (κ1) is 15.2. The average Bonchev–Trinajstić information content (AvgIpc) is 3.35. The highest BCUT2D eigenvalue weighted by molar-refractivity contribution is 5.83. The smallest absolute Gasteiger partial charge is 0.389 e. The number of para-hydroxylation sites is 1. The van der Waals surface area contributed by atoms with Gasteiger partial charge in [0.15, 0.2) is 12.2 Å². The van der Waals surface area contributed by atoms with E-state index in [2.05, 4.69) is 10.4 Å². The number of furan rings is 2. The quantitative estimate of drug-likeness (QED) is 0.581. The molecule has 0 radical (unpaired) electrons. The van der Waals surface area contributed by atoms with Crippen LogP contribution in [0.1, 0.15) is 23.7 Å². The van der Waals surface area contributed by atoms with Crippen LogP contribution in [0.15, 0.2) is 81.1 Å². The van der Waals surface area contributed by atoms with Gasteiger partial charge in [-0.25, -0.2) is 0 Å². The molecule has 0 saturated carbocycles. The summed E-state index contributed by atoms with van der Waals surface area (Å²) >= 11 is 0. The Bertz CT molecular complexity index is 875. The second-order valence-electron chi connectivity index (χ2n) is 5.43. The maximum Gasteiger partial charge on any atom is 0.389 e. The first-order valence-corrected chi connectivity index (χ1v) is 7.64. The molecule has 126 valence electrons. The van der Waals surface area contributed by atoms with Crippen molar-refractivity contribution < 1.29 is 13.8 Å². The Hall–Kier alpha value is -3.39. The molecule has 1 aromatic carbocycles. The van der Waals surface area contributed by atoms with E-state index < -0.39 is 17.1 Å². The molecule has 0 spiro atoms. The number of nitrogens with one attached hydrogen (secondary N) is 1. The van der Waals surface area contributed by atoms with Gasteiger partial charge in [0, 0.05) is 0 Å². The Labute approximate surface area is 142 Å². The van der Waals surface area contributed by atoms with Crippen molar-refractivity contribution in [1.29, 1.82) is 0 Å². The normalized spacial score (nSPS) is 20.3. The van der Waals surface area contributed by atoms with Gasteiger partial charge in [-0.1, -0.05) is 18.2 Å². The summed E-state index contributed by atoms with van der Waals surface area (Å²) in [5, 5.41) is 20.6. The summed E-state index contributed by atoms with van der Waals surface area (Å²) in [5.41, 5.74) is 0.702. The van der Waals surface area contributed by atoms with Crippen molar-refractivity contribution in [2.45, 2.75) is 12.2 Å². The first-order valence-electron chi connectivity index (χ1n) is 7.64. The van der Waals surface area contributed by atoms with Gasteiger partial charge in [0.2, 0.25) is 0 Å². The Kier molecular flexibility index (Phi) is 3.79. The summed E-state index contributed by atoms with van der Waals surface area (Å²) in [6, 6.07) is 15.3. The molecule has 4 rings (SSSR count). The summed E-state index contributed by atoms with van der Waals surface area (Å²) < 4.78 is 10.9. The molecule has 2 atom stereocenters. The topological polar surface area (TPSA) is 97.0 Å². The minimum atomic E-state index is -0.792. The summed E-state index contributed by atoms with van der Waals surface area (Å²) in [6.45, 7) is 0. The van der Waals surface area contributed by atoms with E-state index in [0.29, 0.717) is 17.2 Å². The second kappa shape index (κ2) is 6.25. The maximum atomic E-state index is 11.6. The number of hydrazone groups is 1. The minimum Gasteiger partial charge on any atom is -0.467 e. The lowest BCUT2D eigenvalue weighted by Crippen LogP contribution is -2.47. The zero-order chi connectivity index (χ0) is 17.2. The summed E-state index contributed by atoms with van der Waals surface area (Å²) in [7, 11) is 0. The molecule has 8 nitrogen and oxygen atoms in total. The molecular weight excluding hydrogens is 324 g/mol. The van der Waals surface area contributed by atoms with Gasteiger partial charge >= 0.3 is 5.84 Å². The summed E-state index contributed by atoms with van der Waals surface area (Å²) in [6.07, 6.45) is 2.51. The van der Waals surface area contributed by atoms with Crippen LogP contribution in [0.4, 0.5) is 5.69 Å². The molecule has 0 aliphatic carbocycles. The minimum absolute atomic E-state index is 0.249. The van der Waals surface area contributed by atoms with Gasteiger partial charge in [0.05, 0.1) is 23.3 Å². The van der Waals surface area contributed by atoms with E-state index in [1.54, 1.807) is 30.5 Å². The maximum absolute atomic E-state index is 11.6. The molecule has 2 aromatic heterocycles. The molecule has 25 heavy (non-hydrogen) atoms. The van der Waals surface area contributed by atoms with Gasteiger partial charge in [0.25, 0.3) is 0 Å². The average molecular weight is 338 g/mol. The molecule has 1 aliphatic heterocycles. The van der Waals surface area contributed by atoms with E-state index in [4.69, 9.17) is 8.83 Å². The van der Waals surface area contributed by atoms with Crippen LogP contribution >= 0.6 is 0 Å². The van der Waals surface area contributed by atoms with Crippen LogP contribution in [0, 0.1) is 10.1 Å². The molecule has 3 heterocycles. The molecule has 3 aromatic rings. The van der Waals surface area contributed by atoms with Crippen molar-refractivity contribution in [3.8, 4) is 0 Å². The predicted molar refractivity (Wildman–Crippen MR) is 89.4 cm³/mol. The lowest BCUT2D eigenvalue weighted by Gasteiger charge is -2.30. The van der Waals surface area contributed by atoms with Crippen LogP contribution in [0.5, 0.6) is 0 Å². The molecule has 0 bridgehead atoms. The number of nitrogens with zero attached hydrogens (tertiary/aromatic N) is 3. The van der Waals surface area contributed by atoms with Gasteiger partial charge in [-0.3, -0.25) is 5.32 Å². The van der Waals surface area contributed by atoms with Crippen molar-refractivity contribution in [3.63, 3.8) is 0 Å². The Morgan fingerprint density at radius 1 is 1.00 bits per heavy atom. The fourth-order valence-corrected chi connectivity index (χ4v) is 2.77. The van der Waals surface area contributed by atoms with Crippen molar-refractivity contribution in [2.75, 3.05) is 5.01 Å². The Balaban J connectivity index is 1.83. The highest BCUT2D eigenvalue weighted by atomic mass is 16.6. The highest BCUT2D eigenvalue weighted by Crippen LogP contribution is 2.33. The summed E-state index contributed by atoms with van der Waals surface area (Å²) in [4.78, 5) is 11.1. The SMILES string of the molecule is O=[N+]([O-])C1=NN(c2ccccc2)[C@@H](c2ccco2)N[C@@H]1c1ccco1. The van der Waals surface area contributed by atoms with Crippen molar-refractivity contribution >= 4 is 11.5 Å². The van der Waals surface area contributed by atoms with Crippen LogP contribution in [-0.4, -0.2) is 10.8 Å². The van der Waals surface area contributed by atoms with Crippen molar-refractivity contribution in [2.24, 2.45) is 5.10 Å². The second-order valence-corrected chi connectivity index (χ2v) is 5.43. The van der Waals surface area contributed by atoms with E-state index in [1.165, 1.54) is 11.3 Å². The number of hydrogen-bond acceptors (Lipinski definition) is 7. The Morgan fingerprint density at radius 3 is 2.28 bits per heavy atom. The van der Waals surface area contributed by atoms with Crippen LogP contribution in [0.3, 0.4) is 0 Å². The third kappa shape index (κ3) is 2.79. The molecule has 1 aliphatic rings. The lowest BCUT2D eigenvalue weighted by atomic mass is 10.1. The van der Waals surface area contributed by atoms with E-state index in [-0.39, 0.29) is 5.84 Å². The van der Waals surface area contributed by atoms with E-state index in [0.717, 1.165) is 0 Å². The zero-order valence-electron chi connectivity index (χ0n) is 13.0. The van der Waals surface area contributed by atoms with E-state index in [9.17, 15) is 10.1 Å². The molecular formula is C17H14N4O4. The fraction of sp³-hybridized carbons (Fsp3) is 0.118. The fourth-order valence-electron chi connectivity index (χ4n) is 2.77. The molecule has 0 fully saturated rings. The number of rotatable bonds is 3. The first-order chi connectivity index (χ1) is 12.2. The van der Waals surface area contributed by atoms with E-state index in [1.807, 2.05) is 30.3 Å². The number of hydrogen-bond donors (Lipinski definition) is 1. The summed E-state index contributed by atoms with van der Waals surface area (Å²) in [5.74, 6) is 0.757. The van der Waals surface area contributed by atoms with Gasteiger partial charge in [-0.15, -0.1) is 5.01 Å². The number of amidine groups is 1. The van der Waals surface area contributed by atoms with E-state index >= 15 is 0 Å². The van der Waals surface area contributed by atoms with Crippen LogP contribution in [0.2, 0.25) is 0 Å². The standard InChI is InChI=1S/C17H14N4O4/c22-21(23)17-15(13-8-4-10-24-13)18-16(14-9-5-11-25-14)20(19-17)12-6-2-1-3-7-12/h1-11,15-16,18H/t15-,16+/m1/s1. The van der Waals surface area contributed by atoms with Crippen LogP contribution < -0.4 is 10.3 Å². The van der Waals surface area contributed by atoms with Crippen molar-refractivity contribution in [3.05, 3.63) is 88.8 Å². The van der Waals surface area contributed by atoms with Gasteiger partial charge < -0.3 is 18.9 Å². The molecule has 1 N–H and O–H groups in total. The van der Waals surface area contributed by atoms with Gasteiger partial charge in [-0.2, -0.15) is 0 Å². The monoisotopic (exact) mass is 338 g/mol. The van der Waals surface area contributed by atoms with Gasteiger partial charge in [0.1, 0.15) is 11.5 Å². The lowest BCUT2D eigenvalue weighted by molar-refractivity contribution is -0.356. The Morgan fingerprint density at radius 2 is 1.68 bits per heavy atom. The number of anilines is 1. The van der Waals surface area contributed by atoms with Crippen molar-refractivity contribution in [1.82, 2.24) is 5.32 Å². The number of benzene rings is 1. The van der Waals surface area contributed by atoms with Gasteiger partial charge in [-0.05, 0) is 41.3 Å². The largest absolute Gasteiger partial charge is 0.467 e. The predicted octanol–water partition coefficient (Wildman–Crippen LogP) is 3.31.